The maximum atomic E-state index is 12.7. The Kier molecular flexibility index (Phi) is 6.15. The molecule has 0 radical (unpaired) electrons. The first-order valence-corrected chi connectivity index (χ1v) is 8.32. The number of carbonyl (C=O) groups is 2. The van der Waals surface area contributed by atoms with Gasteiger partial charge in [0.15, 0.2) is 0 Å². The number of hydrogen-bond donors (Lipinski definition) is 0. The highest BCUT2D eigenvalue weighted by Crippen LogP contribution is 2.36. The Bertz CT molecular complexity index is 672. The van der Waals surface area contributed by atoms with E-state index in [0.29, 0.717) is 38.1 Å². The molecular weight excluding hydrogens is 318 g/mol. The molecule has 0 saturated carbocycles. The molecule has 0 spiro atoms. The predicted molar refractivity (Wildman–Crippen MR) is 96.5 cm³/mol. The van der Waals surface area contributed by atoms with E-state index in [0.717, 1.165) is 11.1 Å². The summed E-state index contributed by atoms with van der Waals surface area (Å²) in [4.78, 5) is 25.9. The van der Waals surface area contributed by atoms with E-state index in [1.54, 1.807) is 18.2 Å². The van der Waals surface area contributed by atoms with Crippen LogP contribution in [0, 0.1) is 0 Å². The van der Waals surface area contributed by atoms with Crippen LogP contribution in [0.4, 0.5) is 0 Å². The molecule has 1 aromatic rings. The summed E-state index contributed by atoms with van der Waals surface area (Å²) in [7, 11) is 1.42. The van der Waals surface area contributed by atoms with Crippen LogP contribution in [0.2, 0.25) is 0 Å². The number of methoxy groups -OCH3 is 1. The smallest absolute Gasteiger partial charge is 0.326 e. The summed E-state index contributed by atoms with van der Waals surface area (Å²) in [6.45, 7) is 10.1. The zero-order chi connectivity index (χ0) is 18.4. The summed E-state index contributed by atoms with van der Waals surface area (Å²) in [5.41, 5.74) is 1.41. The van der Waals surface area contributed by atoms with Crippen molar-refractivity contribution in [2.75, 3.05) is 20.2 Å². The number of aryl methyl sites for hydroxylation is 1. The Hall–Kier alpha value is -2.40. The van der Waals surface area contributed by atoms with E-state index in [4.69, 9.17) is 9.47 Å². The van der Waals surface area contributed by atoms with Crippen LogP contribution in [-0.2, 0) is 27.2 Å². The number of fused-ring (bicyclic) bond motifs is 1. The summed E-state index contributed by atoms with van der Waals surface area (Å²) in [5.74, 6) is -0.0559. The monoisotopic (exact) mass is 343 g/mol. The number of ether oxygens (including phenoxy) is 2. The van der Waals surface area contributed by atoms with Crippen LogP contribution in [0.3, 0.4) is 0 Å². The van der Waals surface area contributed by atoms with Crippen LogP contribution in [0.5, 0.6) is 5.75 Å². The van der Waals surface area contributed by atoms with Gasteiger partial charge in [-0.25, -0.2) is 0 Å². The van der Waals surface area contributed by atoms with Crippen LogP contribution < -0.4 is 4.74 Å². The first-order chi connectivity index (χ1) is 12.0. The average molecular weight is 343 g/mol. The van der Waals surface area contributed by atoms with E-state index in [1.807, 2.05) is 12.1 Å². The summed E-state index contributed by atoms with van der Waals surface area (Å²) in [6.07, 6.45) is 5.43. The summed E-state index contributed by atoms with van der Waals surface area (Å²) in [5, 5.41) is 0. The maximum absolute atomic E-state index is 12.7. The van der Waals surface area contributed by atoms with E-state index < -0.39 is 5.54 Å². The number of benzene rings is 1. The van der Waals surface area contributed by atoms with E-state index >= 15 is 0 Å². The third-order valence-electron chi connectivity index (χ3n) is 4.60. The third kappa shape index (κ3) is 3.99. The Morgan fingerprint density at radius 1 is 1.24 bits per heavy atom. The second-order valence-corrected chi connectivity index (χ2v) is 6.21. The van der Waals surface area contributed by atoms with Crippen LogP contribution in [0.25, 0.3) is 0 Å². The summed E-state index contributed by atoms with van der Waals surface area (Å²) < 4.78 is 10.3. The highest BCUT2D eigenvalue weighted by Gasteiger charge is 2.46. The summed E-state index contributed by atoms with van der Waals surface area (Å²) >= 11 is 0. The van der Waals surface area contributed by atoms with E-state index in [9.17, 15) is 9.59 Å². The second-order valence-electron chi connectivity index (χ2n) is 6.21. The molecule has 0 heterocycles. The fourth-order valence-electron chi connectivity index (χ4n) is 3.48. The zero-order valence-electron chi connectivity index (χ0n) is 14.9. The molecule has 1 aliphatic carbocycles. The molecule has 1 unspecified atom stereocenters. The normalized spacial score (nSPS) is 19.0. The molecule has 1 aromatic carbocycles. The fourth-order valence-corrected chi connectivity index (χ4v) is 3.48. The van der Waals surface area contributed by atoms with Gasteiger partial charge in [-0.3, -0.25) is 14.5 Å². The van der Waals surface area contributed by atoms with Gasteiger partial charge in [0.2, 0.25) is 0 Å². The molecule has 25 heavy (non-hydrogen) atoms. The number of hydrogen-bond acceptors (Lipinski definition) is 5. The minimum absolute atomic E-state index is 0.245. The van der Waals surface area contributed by atoms with Gasteiger partial charge in [0.1, 0.15) is 11.3 Å². The van der Waals surface area contributed by atoms with Crippen LogP contribution in [0.1, 0.15) is 24.5 Å². The van der Waals surface area contributed by atoms with E-state index in [1.165, 1.54) is 14.0 Å². The molecule has 1 atom stereocenters. The van der Waals surface area contributed by atoms with Crippen molar-refractivity contribution in [2.24, 2.45) is 0 Å². The van der Waals surface area contributed by atoms with Crippen LogP contribution >= 0.6 is 0 Å². The Balaban J connectivity index is 2.38. The van der Waals surface area contributed by atoms with Gasteiger partial charge in [0, 0.05) is 26.4 Å². The summed E-state index contributed by atoms with van der Waals surface area (Å²) in [6, 6.07) is 5.56. The minimum atomic E-state index is -0.743. The molecule has 0 amide bonds. The first kappa shape index (κ1) is 18.9. The van der Waals surface area contributed by atoms with Gasteiger partial charge < -0.3 is 9.47 Å². The number of nitrogens with zero attached hydrogens (tertiary/aromatic N) is 1. The van der Waals surface area contributed by atoms with Crippen molar-refractivity contribution in [3.05, 3.63) is 54.6 Å². The van der Waals surface area contributed by atoms with Crippen molar-refractivity contribution < 1.29 is 19.1 Å². The number of esters is 2. The van der Waals surface area contributed by atoms with Crippen molar-refractivity contribution in [1.29, 1.82) is 0 Å². The van der Waals surface area contributed by atoms with E-state index in [2.05, 4.69) is 18.1 Å². The molecule has 1 aliphatic rings. The lowest BCUT2D eigenvalue weighted by atomic mass is 9.76. The fraction of sp³-hybridized carbons (Fsp3) is 0.400. The van der Waals surface area contributed by atoms with Gasteiger partial charge in [-0.15, -0.1) is 13.2 Å². The molecule has 5 heteroatoms. The lowest BCUT2D eigenvalue weighted by Gasteiger charge is -2.43. The topological polar surface area (TPSA) is 55.8 Å². The highest BCUT2D eigenvalue weighted by atomic mass is 16.5. The molecule has 5 nitrogen and oxygen atoms in total. The molecule has 0 fully saturated rings. The van der Waals surface area contributed by atoms with Gasteiger partial charge in [-0.1, -0.05) is 18.2 Å². The van der Waals surface area contributed by atoms with Gasteiger partial charge >= 0.3 is 11.9 Å². The molecular formula is C20H25NO4. The van der Waals surface area contributed by atoms with Gasteiger partial charge in [0.05, 0.1) is 7.11 Å². The SMILES string of the molecule is C=CCN(CC=C)C1(C(=O)OC)CCc2cc(OC(C)=O)ccc2C1. The first-order valence-electron chi connectivity index (χ1n) is 8.32. The van der Waals surface area contributed by atoms with Gasteiger partial charge in [-0.2, -0.15) is 0 Å². The standard InChI is InChI=1S/C20H25NO4/c1-5-11-21(12-6-2)20(19(23)24-4)10-9-16-13-18(25-15(3)22)8-7-17(16)14-20/h5-8,13H,1-2,9-12,14H2,3-4H3. The van der Waals surface area contributed by atoms with E-state index in [-0.39, 0.29) is 11.9 Å². The van der Waals surface area contributed by atoms with Crippen molar-refractivity contribution in [2.45, 2.75) is 31.7 Å². The highest BCUT2D eigenvalue weighted by molar-refractivity contribution is 5.82. The molecule has 0 aliphatic heterocycles. The quantitative estimate of drug-likeness (QED) is 0.433. The van der Waals surface area contributed by atoms with Crippen LogP contribution in [-0.4, -0.2) is 42.6 Å². The van der Waals surface area contributed by atoms with Gasteiger partial charge in [0.25, 0.3) is 0 Å². The Morgan fingerprint density at radius 3 is 2.48 bits per heavy atom. The minimum Gasteiger partial charge on any atom is -0.468 e. The number of carbonyl (C=O) groups excluding carboxylic acids is 2. The predicted octanol–water partition coefficient (Wildman–Crippen LogP) is 2.69. The third-order valence-corrected chi connectivity index (χ3v) is 4.60. The van der Waals surface area contributed by atoms with Crippen molar-refractivity contribution in [1.82, 2.24) is 4.90 Å². The van der Waals surface area contributed by atoms with Crippen molar-refractivity contribution in [3.63, 3.8) is 0 Å². The molecule has 2 rings (SSSR count). The molecule has 0 aromatic heterocycles. The van der Waals surface area contributed by atoms with Crippen molar-refractivity contribution in [3.8, 4) is 5.75 Å². The second kappa shape index (κ2) is 8.12. The molecule has 0 saturated heterocycles. The Labute approximate surface area is 148 Å². The average Bonchev–Trinajstić information content (AvgIpc) is 2.60. The maximum Gasteiger partial charge on any atom is 0.326 e. The molecule has 134 valence electrons. The van der Waals surface area contributed by atoms with Crippen LogP contribution in [0.15, 0.2) is 43.5 Å². The Morgan fingerprint density at radius 2 is 1.92 bits per heavy atom. The van der Waals surface area contributed by atoms with Crippen molar-refractivity contribution >= 4 is 11.9 Å². The largest absolute Gasteiger partial charge is 0.468 e. The molecule has 0 bridgehead atoms. The molecule has 0 N–H and O–H groups in total. The zero-order valence-corrected chi connectivity index (χ0v) is 14.9. The lowest BCUT2D eigenvalue weighted by molar-refractivity contribution is -0.156. The lowest BCUT2D eigenvalue weighted by Crippen LogP contribution is -2.58. The number of rotatable bonds is 7. The van der Waals surface area contributed by atoms with Gasteiger partial charge in [-0.05, 0) is 36.1 Å².